The fraction of sp³-hybridized carbons (Fsp3) is 0.535. The molecule has 1 fully saturated rings. The van der Waals surface area contributed by atoms with E-state index >= 15 is 0 Å². The van der Waals surface area contributed by atoms with E-state index in [1.807, 2.05) is 79.8 Å². The molecule has 1 aliphatic heterocycles. The summed E-state index contributed by atoms with van der Waals surface area (Å²) in [6.07, 6.45) is 8.72. The van der Waals surface area contributed by atoms with E-state index in [0.717, 1.165) is 70.0 Å². The third-order valence-electron chi connectivity index (χ3n) is 9.65. The first kappa shape index (κ1) is 43.1. The molecule has 0 N–H and O–H groups in total. The number of ether oxygens (including phenoxy) is 4. The van der Waals surface area contributed by atoms with Crippen LogP contribution in [0.1, 0.15) is 57.7 Å². The molecule has 0 saturated carbocycles. The van der Waals surface area contributed by atoms with Crippen LogP contribution in [0.5, 0.6) is 0 Å². The van der Waals surface area contributed by atoms with Crippen molar-refractivity contribution in [2.45, 2.75) is 103 Å². The quantitative estimate of drug-likeness (QED) is 0.0447. The van der Waals surface area contributed by atoms with Gasteiger partial charge in [-0.05, 0) is 64.8 Å². The number of pyridine rings is 1. The lowest BCUT2D eigenvalue weighted by Crippen LogP contribution is -2.41. The monoisotopic (exact) mass is 800 g/mol. The van der Waals surface area contributed by atoms with E-state index in [2.05, 4.69) is 62.4 Å². The summed E-state index contributed by atoms with van der Waals surface area (Å²) in [5.74, 6) is 0.888. The van der Waals surface area contributed by atoms with E-state index < -0.39 is 21.7 Å². The van der Waals surface area contributed by atoms with Crippen LogP contribution in [0.25, 0.3) is 34.1 Å². The van der Waals surface area contributed by atoms with Gasteiger partial charge in [-0.15, -0.1) is 0 Å². The zero-order valence-electron chi connectivity index (χ0n) is 35.4. The number of piperidine rings is 1. The molecule has 4 heterocycles. The Morgan fingerprint density at radius 1 is 0.893 bits per heavy atom. The van der Waals surface area contributed by atoms with Crippen LogP contribution in [0.3, 0.4) is 0 Å². The molecule has 1 saturated heterocycles. The van der Waals surface area contributed by atoms with Crippen LogP contribution in [0, 0.1) is 0 Å². The molecule has 0 bridgehead atoms. The Morgan fingerprint density at radius 2 is 1.54 bits per heavy atom. The summed E-state index contributed by atoms with van der Waals surface area (Å²) in [7, 11) is -2.65. The number of carbonyl (C=O) groups excluding carboxylic acids is 1. The van der Waals surface area contributed by atoms with E-state index in [9.17, 15) is 4.79 Å². The molecule has 4 aromatic rings. The summed E-state index contributed by atoms with van der Waals surface area (Å²) < 4.78 is 26.4. The first-order valence-corrected chi connectivity index (χ1v) is 27.5. The zero-order chi connectivity index (χ0) is 40.5. The van der Waals surface area contributed by atoms with Gasteiger partial charge in [0.15, 0.2) is 5.65 Å². The molecule has 13 heteroatoms. The summed E-state index contributed by atoms with van der Waals surface area (Å²) in [6.45, 7) is 25.5. The Morgan fingerprint density at radius 3 is 2.09 bits per heavy atom. The van der Waals surface area contributed by atoms with E-state index in [-0.39, 0.29) is 12.0 Å². The minimum Gasteiger partial charge on any atom is -0.501 e. The van der Waals surface area contributed by atoms with Gasteiger partial charge in [0.25, 0.3) is 0 Å². The number of hydrogen-bond acceptors (Lipinski definition) is 9. The van der Waals surface area contributed by atoms with Crippen LogP contribution in [0.2, 0.25) is 51.4 Å². The van der Waals surface area contributed by atoms with Gasteiger partial charge >= 0.3 is 6.09 Å². The van der Waals surface area contributed by atoms with E-state index in [4.69, 9.17) is 34.0 Å². The number of fused-ring (bicyclic) bond motifs is 1. The Labute approximate surface area is 336 Å². The van der Waals surface area contributed by atoms with Gasteiger partial charge in [0.1, 0.15) is 24.9 Å². The van der Waals surface area contributed by atoms with Crippen LogP contribution in [-0.2, 0) is 18.9 Å². The molecule has 56 heavy (non-hydrogen) atoms. The number of benzene rings is 1. The van der Waals surface area contributed by atoms with Crippen LogP contribution >= 0.6 is 0 Å². The predicted octanol–water partition coefficient (Wildman–Crippen LogP) is 10.0. The SMILES string of the molecule is CCO/C=C\c1c(C2CCN(C(=O)OC(C)(C)C)CC2)nc2c(-c3ccc(-c4ccccc4)nc3)cnn2c1N(COCC[Si](C)(C)C)COCC[Si](C)(C)C. The van der Waals surface area contributed by atoms with Gasteiger partial charge in [0, 0.05) is 76.8 Å². The predicted molar refractivity (Wildman–Crippen MR) is 233 cm³/mol. The van der Waals surface area contributed by atoms with Crippen molar-refractivity contribution < 1.29 is 23.7 Å². The fourth-order valence-electron chi connectivity index (χ4n) is 6.46. The largest absolute Gasteiger partial charge is 0.501 e. The summed E-state index contributed by atoms with van der Waals surface area (Å²) in [6, 6.07) is 16.4. The highest BCUT2D eigenvalue weighted by atomic mass is 28.3. The summed E-state index contributed by atoms with van der Waals surface area (Å²) in [5, 5.41) is 5.02. The number of carbonyl (C=O) groups is 1. The van der Waals surface area contributed by atoms with Crippen molar-refractivity contribution in [3.8, 4) is 22.4 Å². The summed E-state index contributed by atoms with van der Waals surface area (Å²) in [4.78, 5) is 27.4. The molecule has 1 aromatic carbocycles. The maximum absolute atomic E-state index is 13.1. The highest BCUT2D eigenvalue weighted by Crippen LogP contribution is 2.38. The average Bonchev–Trinajstić information content (AvgIpc) is 3.57. The summed E-state index contributed by atoms with van der Waals surface area (Å²) >= 11 is 0. The van der Waals surface area contributed by atoms with Crippen molar-refractivity contribution in [3.05, 3.63) is 72.4 Å². The molecule has 1 aliphatic rings. The topological polar surface area (TPSA) is 104 Å². The van der Waals surface area contributed by atoms with E-state index in [1.54, 1.807) is 6.26 Å². The molecule has 1 amide bonds. The zero-order valence-corrected chi connectivity index (χ0v) is 37.4. The second-order valence-corrected chi connectivity index (χ2v) is 29.3. The first-order chi connectivity index (χ1) is 26.5. The maximum atomic E-state index is 13.1. The van der Waals surface area contributed by atoms with Crippen molar-refractivity contribution in [2.75, 3.05) is 51.3 Å². The highest BCUT2D eigenvalue weighted by molar-refractivity contribution is 6.76. The van der Waals surface area contributed by atoms with Crippen LogP contribution in [-0.4, -0.2) is 98.7 Å². The number of rotatable bonds is 17. The molecule has 304 valence electrons. The molecule has 11 nitrogen and oxygen atoms in total. The van der Waals surface area contributed by atoms with Crippen molar-refractivity contribution in [3.63, 3.8) is 0 Å². The molecule has 0 atom stereocenters. The van der Waals surface area contributed by atoms with E-state index in [0.29, 0.717) is 46.4 Å². The highest BCUT2D eigenvalue weighted by Gasteiger charge is 2.32. The number of hydrogen-bond donors (Lipinski definition) is 0. The standard InChI is InChI=1S/C43H64N6O5Si2/c1-11-51-24-21-36-39(34-19-22-47(23-20-34)42(50)54-43(2,3)4)46-40-37(35-17-18-38(44-29-35)33-15-13-12-14-16-33)30-45-49(40)41(36)48(31-52-25-27-55(5,6)7)32-53-26-28-56(8,9)10/h12-18,21,24,29-30,34H,11,19-20,22-23,25-28,31-32H2,1-10H3/b24-21-. The number of nitrogens with zero attached hydrogens (tertiary/aromatic N) is 6. The van der Waals surface area contributed by atoms with E-state index in [1.165, 1.54) is 0 Å². The first-order valence-electron chi connectivity index (χ1n) is 20.1. The average molecular weight is 801 g/mol. The normalized spacial score (nSPS) is 14.5. The molecule has 0 aliphatic carbocycles. The van der Waals surface area contributed by atoms with Crippen molar-refractivity contribution >= 4 is 39.8 Å². The minimum absolute atomic E-state index is 0.0579. The molecule has 0 radical (unpaired) electrons. The third kappa shape index (κ3) is 12.2. The van der Waals surface area contributed by atoms with Gasteiger partial charge in [0.05, 0.1) is 30.5 Å². The molecule has 0 spiro atoms. The maximum Gasteiger partial charge on any atom is 0.410 e. The second-order valence-electron chi connectivity index (χ2n) is 18.1. The minimum atomic E-state index is -1.32. The Balaban J connectivity index is 1.62. The van der Waals surface area contributed by atoms with Gasteiger partial charge in [-0.1, -0.05) is 75.7 Å². The molecule has 3 aromatic heterocycles. The lowest BCUT2D eigenvalue weighted by atomic mass is 9.90. The van der Waals surface area contributed by atoms with Crippen LogP contribution in [0.15, 0.2) is 61.1 Å². The van der Waals surface area contributed by atoms with Crippen molar-refractivity contribution in [2.24, 2.45) is 0 Å². The van der Waals surface area contributed by atoms with Gasteiger partial charge < -0.3 is 28.7 Å². The Hall–Kier alpha value is -4.05. The smallest absolute Gasteiger partial charge is 0.410 e. The fourth-order valence-corrected chi connectivity index (χ4v) is 7.97. The van der Waals surface area contributed by atoms with Crippen LogP contribution < -0.4 is 4.90 Å². The molecule has 5 rings (SSSR count). The third-order valence-corrected chi connectivity index (χ3v) is 13.1. The lowest BCUT2D eigenvalue weighted by molar-refractivity contribution is 0.0204. The Kier molecular flexibility index (Phi) is 14.6. The number of anilines is 1. The second kappa shape index (κ2) is 18.9. The number of amides is 1. The molecular weight excluding hydrogens is 737 g/mol. The van der Waals surface area contributed by atoms with Gasteiger partial charge in [-0.3, -0.25) is 4.98 Å². The lowest BCUT2D eigenvalue weighted by Gasteiger charge is -2.34. The number of aromatic nitrogens is 4. The van der Waals surface area contributed by atoms with Gasteiger partial charge in [-0.2, -0.15) is 9.61 Å². The van der Waals surface area contributed by atoms with Gasteiger partial charge in [-0.25, -0.2) is 9.78 Å². The number of likely N-dealkylation sites (tertiary alicyclic amines) is 1. The molecule has 0 unspecified atom stereocenters. The summed E-state index contributed by atoms with van der Waals surface area (Å²) in [5.41, 5.74) is 5.75. The Bertz CT molecular complexity index is 1870. The van der Waals surface area contributed by atoms with Gasteiger partial charge in [0.2, 0.25) is 0 Å². The van der Waals surface area contributed by atoms with Crippen molar-refractivity contribution in [1.29, 1.82) is 0 Å². The van der Waals surface area contributed by atoms with Crippen molar-refractivity contribution in [1.82, 2.24) is 24.5 Å². The molecular formula is C43H64N6O5Si2. The van der Waals surface area contributed by atoms with Crippen LogP contribution in [0.4, 0.5) is 10.6 Å².